The van der Waals surface area contributed by atoms with Crippen molar-refractivity contribution in [2.24, 2.45) is 21.9 Å². The van der Waals surface area contributed by atoms with E-state index in [0.717, 1.165) is 55.0 Å². The summed E-state index contributed by atoms with van der Waals surface area (Å²) in [5.41, 5.74) is 16.5. The van der Waals surface area contributed by atoms with Crippen molar-refractivity contribution in [2.45, 2.75) is 44.7 Å². The number of carbonyl (C=O) groups excluding carboxylic acids is 1. The number of aliphatic imine (C=N–C) groups is 1. The third-order valence-corrected chi connectivity index (χ3v) is 9.16. The molecule has 3 aliphatic rings. The molecule has 0 radical (unpaired) electrons. The standard InChI is InChI=1S/C27H31Cl2N5O2/c1-15-26(2,19-4-3-5-20(28)22(19)29)33-21(14-35)25(32-15)34-10-8-27(9-11-34)13-17-7-6-16(24(31)36)12-18(17)23(27)30/h3-7,12,23,33,35H,8-11,13-14,30H2,1-2H3,(H2,31,36)/t23-,26?/m1/s1. The molecule has 2 heterocycles. The molecule has 5 rings (SSSR count). The molecule has 7 nitrogen and oxygen atoms in total. The highest BCUT2D eigenvalue weighted by Crippen LogP contribution is 2.51. The number of hydrogen-bond acceptors (Lipinski definition) is 6. The second kappa shape index (κ2) is 9.06. The van der Waals surface area contributed by atoms with Crippen LogP contribution in [0, 0.1) is 5.41 Å². The smallest absolute Gasteiger partial charge is 0.248 e. The highest BCUT2D eigenvalue weighted by atomic mass is 35.5. The molecule has 0 aromatic heterocycles. The van der Waals surface area contributed by atoms with Crippen LogP contribution >= 0.6 is 23.2 Å². The van der Waals surface area contributed by atoms with Crippen LogP contribution in [0.25, 0.3) is 0 Å². The Balaban J connectivity index is 1.38. The Morgan fingerprint density at radius 3 is 2.64 bits per heavy atom. The Morgan fingerprint density at radius 1 is 1.25 bits per heavy atom. The Labute approximate surface area is 221 Å². The quantitative estimate of drug-likeness (QED) is 0.481. The highest BCUT2D eigenvalue weighted by molar-refractivity contribution is 6.42. The minimum atomic E-state index is -0.700. The van der Waals surface area contributed by atoms with Crippen LogP contribution < -0.4 is 16.8 Å². The molecule has 1 saturated heterocycles. The number of piperidine rings is 1. The van der Waals surface area contributed by atoms with Gasteiger partial charge in [-0.3, -0.25) is 4.79 Å². The lowest BCUT2D eigenvalue weighted by atomic mass is 9.73. The molecule has 6 N–H and O–H groups in total. The number of aliphatic hydroxyl groups excluding tert-OH is 1. The van der Waals surface area contributed by atoms with Crippen LogP contribution in [0.3, 0.4) is 0 Å². The molecular weight excluding hydrogens is 497 g/mol. The molecule has 1 fully saturated rings. The lowest BCUT2D eigenvalue weighted by Crippen LogP contribution is -2.51. The van der Waals surface area contributed by atoms with Crippen molar-refractivity contribution in [1.29, 1.82) is 0 Å². The SMILES string of the molecule is CC1=NC(N2CCC3(CC2)Cc2ccc(C(N)=O)cc2[C@H]3N)=C(CO)NC1(C)c1cccc(Cl)c1Cl. The minimum absolute atomic E-state index is 0.0707. The van der Waals surface area contributed by atoms with Gasteiger partial charge in [0.1, 0.15) is 5.82 Å². The van der Waals surface area contributed by atoms with Gasteiger partial charge in [0.15, 0.2) is 0 Å². The van der Waals surface area contributed by atoms with Gasteiger partial charge in [0.05, 0.1) is 27.9 Å². The van der Waals surface area contributed by atoms with E-state index in [1.165, 1.54) is 5.56 Å². The van der Waals surface area contributed by atoms with Gasteiger partial charge in [-0.05, 0) is 67.9 Å². The third kappa shape index (κ3) is 3.89. The summed E-state index contributed by atoms with van der Waals surface area (Å²) >= 11 is 12.8. The zero-order valence-electron chi connectivity index (χ0n) is 20.4. The molecule has 9 heteroatoms. The molecule has 1 amide bonds. The molecule has 2 aliphatic heterocycles. The van der Waals surface area contributed by atoms with Gasteiger partial charge in [-0.15, -0.1) is 0 Å². The average molecular weight is 528 g/mol. The number of halogens is 2. The fourth-order valence-electron chi connectivity index (χ4n) is 5.98. The summed E-state index contributed by atoms with van der Waals surface area (Å²) in [6.45, 7) is 5.30. The second-order valence-electron chi connectivity index (χ2n) is 10.3. The summed E-state index contributed by atoms with van der Waals surface area (Å²) in [6.07, 6.45) is 2.64. The highest BCUT2D eigenvalue weighted by Gasteiger charge is 2.47. The van der Waals surface area contributed by atoms with Gasteiger partial charge in [-0.1, -0.05) is 41.4 Å². The predicted molar refractivity (Wildman–Crippen MR) is 143 cm³/mol. The Hall–Kier alpha value is -2.58. The maximum absolute atomic E-state index is 11.7. The Kier molecular flexibility index (Phi) is 6.32. The van der Waals surface area contributed by atoms with Gasteiger partial charge in [0.25, 0.3) is 0 Å². The monoisotopic (exact) mass is 527 g/mol. The predicted octanol–water partition coefficient (Wildman–Crippen LogP) is 3.87. The molecule has 36 heavy (non-hydrogen) atoms. The van der Waals surface area contributed by atoms with Gasteiger partial charge in [0, 0.05) is 36.0 Å². The molecule has 1 unspecified atom stereocenters. The van der Waals surface area contributed by atoms with Gasteiger partial charge >= 0.3 is 0 Å². The molecule has 1 spiro atoms. The summed E-state index contributed by atoms with van der Waals surface area (Å²) in [5.74, 6) is 0.314. The molecule has 2 aromatic carbocycles. The first-order valence-corrected chi connectivity index (χ1v) is 12.9. The lowest BCUT2D eigenvalue weighted by molar-refractivity contribution is 0.0999. The number of likely N-dealkylation sites (tertiary alicyclic amines) is 1. The van der Waals surface area contributed by atoms with E-state index < -0.39 is 11.4 Å². The zero-order valence-corrected chi connectivity index (χ0v) is 22.0. The number of nitrogens with one attached hydrogen (secondary N) is 1. The summed E-state index contributed by atoms with van der Waals surface area (Å²) in [6, 6.07) is 11.0. The maximum atomic E-state index is 11.7. The van der Waals surface area contributed by atoms with Crippen LogP contribution in [-0.4, -0.2) is 41.3 Å². The summed E-state index contributed by atoms with van der Waals surface area (Å²) < 4.78 is 0. The van der Waals surface area contributed by atoms with Crippen molar-refractivity contribution in [3.8, 4) is 0 Å². The fourth-order valence-corrected chi connectivity index (χ4v) is 6.47. The number of fused-ring (bicyclic) bond motifs is 1. The number of amides is 1. The lowest BCUT2D eigenvalue weighted by Gasteiger charge is -2.45. The summed E-state index contributed by atoms with van der Waals surface area (Å²) in [4.78, 5) is 18.9. The van der Waals surface area contributed by atoms with Crippen LogP contribution in [0.15, 0.2) is 52.9 Å². The molecule has 2 aromatic rings. The normalized spacial score (nSPS) is 25.0. The van der Waals surface area contributed by atoms with Crippen molar-refractivity contribution in [2.75, 3.05) is 19.7 Å². The topological polar surface area (TPSA) is 117 Å². The molecule has 190 valence electrons. The van der Waals surface area contributed by atoms with Crippen LogP contribution in [0.4, 0.5) is 0 Å². The fraction of sp³-hybridized carbons (Fsp3) is 0.407. The van der Waals surface area contributed by atoms with Crippen LogP contribution in [0.5, 0.6) is 0 Å². The first kappa shape index (κ1) is 25.1. The van der Waals surface area contributed by atoms with E-state index in [1.807, 2.05) is 38.1 Å². The molecule has 0 bridgehead atoms. The minimum Gasteiger partial charge on any atom is -0.390 e. The van der Waals surface area contributed by atoms with E-state index >= 15 is 0 Å². The van der Waals surface area contributed by atoms with Gasteiger partial charge in [-0.25, -0.2) is 4.99 Å². The Morgan fingerprint density at radius 2 is 1.97 bits per heavy atom. The van der Waals surface area contributed by atoms with Crippen molar-refractivity contribution >= 4 is 34.8 Å². The number of hydrogen-bond donors (Lipinski definition) is 4. The number of rotatable bonds is 4. The van der Waals surface area contributed by atoms with Crippen LogP contribution in [0.1, 0.15) is 59.8 Å². The number of primary amides is 1. The van der Waals surface area contributed by atoms with Gasteiger partial charge < -0.3 is 26.8 Å². The van der Waals surface area contributed by atoms with Gasteiger partial charge in [-0.2, -0.15) is 0 Å². The zero-order chi connectivity index (χ0) is 25.8. The first-order valence-electron chi connectivity index (χ1n) is 12.2. The maximum Gasteiger partial charge on any atom is 0.248 e. The van der Waals surface area contributed by atoms with E-state index in [2.05, 4.69) is 10.2 Å². The van der Waals surface area contributed by atoms with Crippen molar-refractivity contribution in [3.05, 3.63) is 80.2 Å². The molecular formula is C27H31Cl2N5O2. The largest absolute Gasteiger partial charge is 0.390 e. The summed E-state index contributed by atoms with van der Waals surface area (Å²) in [7, 11) is 0. The number of aliphatic hydroxyl groups is 1. The van der Waals surface area contributed by atoms with Crippen molar-refractivity contribution in [3.63, 3.8) is 0 Å². The van der Waals surface area contributed by atoms with E-state index in [0.29, 0.717) is 21.3 Å². The van der Waals surface area contributed by atoms with Crippen LogP contribution in [-0.2, 0) is 12.0 Å². The number of benzene rings is 2. The number of nitrogens with zero attached hydrogens (tertiary/aromatic N) is 2. The summed E-state index contributed by atoms with van der Waals surface area (Å²) in [5, 5.41) is 14.7. The van der Waals surface area contributed by atoms with E-state index in [9.17, 15) is 9.90 Å². The van der Waals surface area contributed by atoms with E-state index in [1.54, 1.807) is 12.1 Å². The first-order chi connectivity index (χ1) is 17.1. The Bertz CT molecular complexity index is 1300. The number of carbonyl (C=O) groups is 1. The second-order valence-corrected chi connectivity index (χ2v) is 11.1. The van der Waals surface area contributed by atoms with E-state index in [4.69, 9.17) is 39.7 Å². The molecule has 0 saturated carbocycles. The average Bonchev–Trinajstić information content (AvgIpc) is 3.13. The van der Waals surface area contributed by atoms with Crippen molar-refractivity contribution in [1.82, 2.24) is 10.2 Å². The van der Waals surface area contributed by atoms with Crippen molar-refractivity contribution < 1.29 is 9.90 Å². The van der Waals surface area contributed by atoms with E-state index in [-0.39, 0.29) is 18.1 Å². The van der Waals surface area contributed by atoms with Crippen LogP contribution in [0.2, 0.25) is 10.0 Å². The molecule has 1 aliphatic carbocycles. The number of nitrogens with two attached hydrogens (primary N) is 2. The van der Waals surface area contributed by atoms with Gasteiger partial charge in [0.2, 0.25) is 5.91 Å². The molecule has 2 atom stereocenters. The third-order valence-electron chi connectivity index (χ3n) is 8.34.